The quantitative estimate of drug-likeness (QED) is 0.630. The van der Waals surface area contributed by atoms with E-state index in [0.717, 1.165) is 0 Å². The number of hydrogen-bond acceptors (Lipinski definition) is 4. The van der Waals surface area contributed by atoms with Crippen LogP contribution in [0.2, 0.25) is 0 Å². The van der Waals surface area contributed by atoms with Crippen molar-refractivity contribution in [1.29, 1.82) is 0 Å². The molecule has 1 amide bonds. The van der Waals surface area contributed by atoms with E-state index in [2.05, 4.69) is 4.72 Å². The smallest absolute Gasteiger partial charge is 0.240 e. The summed E-state index contributed by atoms with van der Waals surface area (Å²) in [4.78, 5) is 10.6. The Morgan fingerprint density at radius 3 is 2.59 bits per heavy atom. The van der Waals surface area contributed by atoms with E-state index in [1.165, 1.54) is 18.2 Å². The van der Waals surface area contributed by atoms with E-state index in [-0.39, 0.29) is 17.9 Å². The topological polar surface area (TPSA) is 115 Å². The highest BCUT2D eigenvalue weighted by molar-refractivity contribution is 7.89. The molecule has 0 aliphatic rings. The molecule has 6 nitrogen and oxygen atoms in total. The zero-order chi connectivity index (χ0) is 13.1. The Morgan fingerprint density at radius 2 is 2.06 bits per heavy atom. The van der Waals surface area contributed by atoms with Crippen LogP contribution < -0.4 is 16.2 Å². The van der Waals surface area contributed by atoms with E-state index in [4.69, 9.17) is 11.5 Å². The molecule has 1 aromatic carbocycles. The lowest BCUT2D eigenvalue weighted by molar-refractivity contribution is -0.117. The molecular weight excluding hydrogens is 242 g/mol. The average Bonchev–Trinajstić information content (AvgIpc) is 2.21. The first-order valence-electron chi connectivity index (χ1n) is 4.97. The van der Waals surface area contributed by atoms with Gasteiger partial charge in [0.05, 0.1) is 4.90 Å². The molecule has 0 aliphatic carbocycles. The van der Waals surface area contributed by atoms with E-state index in [0.29, 0.717) is 11.3 Å². The third-order valence-electron chi connectivity index (χ3n) is 2.22. The minimum absolute atomic E-state index is 0.0128. The molecule has 5 N–H and O–H groups in total. The minimum Gasteiger partial charge on any atom is -0.399 e. The van der Waals surface area contributed by atoms with Gasteiger partial charge in [-0.3, -0.25) is 4.79 Å². The van der Waals surface area contributed by atoms with E-state index in [9.17, 15) is 13.2 Å². The van der Waals surface area contributed by atoms with E-state index in [1.807, 2.05) is 0 Å². The number of nitrogens with one attached hydrogen (secondary N) is 1. The van der Waals surface area contributed by atoms with Crippen molar-refractivity contribution in [2.24, 2.45) is 5.73 Å². The second kappa shape index (κ2) is 5.15. The van der Waals surface area contributed by atoms with Crippen molar-refractivity contribution >= 4 is 21.6 Å². The lowest BCUT2D eigenvalue weighted by Crippen LogP contribution is -2.28. The lowest BCUT2D eigenvalue weighted by Gasteiger charge is -2.07. The standard InChI is InChI=1S/C10H15N3O3S/c1-7-6-8(2-3-9(7)11)17(15,16)13-5-4-10(12)14/h2-3,6,13H,4-5,11H2,1H3,(H2,12,14). The summed E-state index contributed by atoms with van der Waals surface area (Å²) >= 11 is 0. The third-order valence-corrected chi connectivity index (χ3v) is 3.67. The maximum atomic E-state index is 11.8. The third kappa shape index (κ3) is 3.72. The highest BCUT2D eigenvalue weighted by Gasteiger charge is 2.14. The predicted octanol–water partition coefficient (Wildman–Crippen LogP) is -0.269. The Balaban J connectivity index is 2.82. The number of amides is 1. The highest BCUT2D eigenvalue weighted by atomic mass is 32.2. The molecule has 0 saturated carbocycles. The van der Waals surface area contributed by atoms with Gasteiger partial charge in [-0.15, -0.1) is 0 Å². The van der Waals surface area contributed by atoms with Crippen LogP contribution in [0.5, 0.6) is 0 Å². The number of carbonyl (C=O) groups is 1. The SMILES string of the molecule is Cc1cc(S(=O)(=O)NCCC(N)=O)ccc1N. The van der Waals surface area contributed by atoms with Crippen molar-refractivity contribution in [3.05, 3.63) is 23.8 Å². The first-order chi connectivity index (χ1) is 7.83. The van der Waals surface area contributed by atoms with Crippen LogP contribution in [0.15, 0.2) is 23.1 Å². The molecule has 1 aromatic rings. The average molecular weight is 257 g/mol. The van der Waals surface area contributed by atoms with Crippen molar-refractivity contribution in [3.8, 4) is 0 Å². The molecule has 0 heterocycles. The molecule has 17 heavy (non-hydrogen) atoms. The molecule has 0 unspecified atom stereocenters. The van der Waals surface area contributed by atoms with Crippen molar-refractivity contribution in [3.63, 3.8) is 0 Å². The number of primary amides is 1. The van der Waals surface area contributed by atoms with Crippen LogP contribution in [0.25, 0.3) is 0 Å². The maximum absolute atomic E-state index is 11.8. The Kier molecular flexibility index (Phi) is 4.08. The summed E-state index contributed by atoms with van der Waals surface area (Å²) in [5, 5.41) is 0. The van der Waals surface area contributed by atoms with Gasteiger partial charge in [-0.05, 0) is 30.7 Å². The Labute approximate surface area is 100 Å². The van der Waals surface area contributed by atoms with Gasteiger partial charge in [0.15, 0.2) is 0 Å². The molecule has 0 saturated heterocycles. The first-order valence-corrected chi connectivity index (χ1v) is 6.45. The summed E-state index contributed by atoms with van der Waals surface area (Å²) in [5.41, 5.74) is 11.7. The first kappa shape index (κ1) is 13.5. The van der Waals surface area contributed by atoms with E-state index >= 15 is 0 Å². The van der Waals surface area contributed by atoms with Gasteiger partial charge in [0, 0.05) is 18.7 Å². The normalized spacial score (nSPS) is 11.4. The second-order valence-electron chi connectivity index (χ2n) is 3.63. The number of anilines is 1. The molecule has 1 rings (SSSR count). The summed E-state index contributed by atoms with van der Waals surface area (Å²) in [6.07, 6.45) is -0.0345. The Hall–Kier alpha value is -1.60. The van der Waals surface area contributed by atoms with Crippen molar-refractivity contribution < 1.29 is 13.2 Å². The van der Waals surface area contributed by atoms with Gasteiger partial charge in [0.2, 0.25) is 15.9 Å². The van der Waals surface area contributed by atoms with Crippen LogP contribution in [0.3, 0.4) is 0 Å². The summed E-state index contributed by atoms with van der Waals surface area (Å²) in [5.74, 6) is -0.554. The molecule has 0 aromatic heterocycles. The number of carbonyl (C=O) groups excluding carboxylic acids is 1. The van der Waals surface area contributed by atoms with Crippen LogP contribution in [-0.4, -0.2) is 20.9 Å². The van der Waals surface area contributed by atoms with Crippen molar-refractivity contribution in [2.45, 2.75) is 18.2 Å². The zero-order valence-electron chi connectivity index (χ0n) is 9.43. The summed E-state index contributed by atoms with van der Waals surface area (Å²) in [6.45, 7) is 1.71. The molecule has 7 heteroatoms. The van der Waals surface area contributed by atoms with Gasteiger partial charge >= 0.3 is 0 Å². The van der Waals surface area contributed by atoms with Crippen LogP contribution in [0.1, 0.15) is 12.0 Å². The number of nitrogen functional groups attached to an aromatic ring is 1. The van der Waals surface area contributed by atoms with Crippen LogP contribution >= 0.6 is 0 Å². The summed E-state index contributed by atoms with van der Waals surface area (Å²) < 4.78 is 25.8. The number of rotatable bonds is 5. The molecule has 0 fully saturated rings. The van der Waals surface area contributed by atoms with Crippen LogP contribution in [0.4, 0.5) is 5.69 Å². The van der Waals surface area contributed by atoms with Gasteiger partial charge in [-0.1, -0.05) is 0 Å². The van der Waals surface area contributed by atoms with Gasteiger partial charge in [-0.2, -0.15) is 0 Å². The van der Waals surface area contributed by atoms with Crippen LogP contribution in [0, 0.1) is 6.92 Å². The van der Waals surface area contributed by atoms with Crippen molar-refractivity contribution in [1.82, 2.24) is 4.72 Å². The van der Waals surface area contributed by atoms with Crippen molar-refractivity contribution in [2.75, 3.05) is 12.3 Å². The Morgan fingerprint density at radius 1 is 1.41 bits per heavy atom. The van der Waals surface area contributed by atoms with Crippen LogP contribution in [-0.2, 0) is 14.8 Å². The van der Waals surface area contributed by atoms with E-state index < -0.39 is 15.9 Å². The number of benzene rings is 1. The number of aryl methyl sites for hydroxylation is 1. The predicted molar refractivity (Wildman–Crippen MR) is 64.6 cm³/mol. The summed E-state index contributed by atoms with van der Waals surface area (Å²) in [6, 6.07) is 4.41. The zero-order valence-corrected chi connectivity index (χ0v) is 10.3. The second-order valence-corrected chi connectivity index (χ2v) is 5.40. The number of hydrogen-bond donors (Lipinski definition) is 3. The minimum atomic E-state index is -3.61. The molecule has 94 valence electrons. The number of nitrogens with two attached hydrogens (primary N) is 2. The van der Waals surface area contributed by atoms with Gasteiger partial charge in [0.25, 0.3) is 0 Å². The van der Waals surface area contributed by atoms with Gasteiger partial charge in [-0.25, -0.2) is 13.1 Å². The molecule has 0 atom stereocenters. The highest BCUT2D eigenvalue weighted by Crippen LogP contribution is 2.16. The molecule has 0 aliphatic heterocycles. The fourth-order valence-corrected chi connectivity index (χ4v) is 2.32. The largest absolute Gasteiger partial charge is 0.399 e. The molecule has 0 radical (unpaired) electrons. The summed E-state index contributed by atoms with van der Waals surface area (Å²) in [7, 11) is -3.61. The maximum Gasteiger partial charge on any atom is 0.240 e. The molecular formula is C10H15N3O3S. The van der Waals surface area contributed by atoms with Gasteiger partial charge in [0.1, 0.15) is 0 Å². The molecule has 0 bridgehead atoms. The van der Waals surface area contributed by atoms with E-state index in [1.54, 1.807) is 6.92 Å². The Bertz CT molecular complexity index is 526. The molecule has 0 spiro atoms. The monoisotopic (exact) mass is 257 g/mol. The van der Waals surface area contributed by atoms with Gasteiger partial charge < -0.3 is 11.5 Å². The lowest BCUT2D eigenvalue weighted by atomic mass is 10.2. The fourth-order valence-electron chi connectivity index (χ4n) is 1.21. The number of sulfonamides is 1. The fraction of sp³-hybridized carbons (Fsp3) is 0.300.